The average Bonchev–Trinajstić information content (AvgIpc) is 2.58. The van der Waals surface area contributed by atoms with E-state index in [1.807, 2.05) is 36.2 Å². The molecule has 0 saturated carbocycles. The van der Waals surface area contributed by atoms with E-state index in [4.69, 9.17) is 8.85 Å². The van der Waals surface area contributed by atoms with Gasteiger partial charge in [-0.25, -0.2) is 9.97 Å². The molecule has 1 heterocycles. The molecule has 106 valence electrons. The third-order valence-electron chi connectivity index (χ3n) is 3.28. The van der Waals surface area contributed by atoms with Gasteiger partial charge in [0.25, 0.3) is 0 Å². The molecule has 0 radical (unpaired) electrons. The van der Waals surface area contributed by atoms with Crippen molar-refractivity contribution in [3.05, 3.63) is 54.3 Å². The lowest BCUT2D eigenvalue weighted by Gasteiger charge is -2.20. The summed E-state index contributed by atoms with van der Waals surface area (Å²) >= 11 is 0. The second-order valence-corrected chi connectivity index (χ2v) is 4.65. The van der Waals surface area contributed by atoms with Crippen molar-refractivity contribution >= 4 is 22.4 Å². The predicted octanol–water partition coefficient (Wildman–Crippen LogP) is 3.71. The molecule has 0 fully saturated rings. The van der Waals surface area contributed by atoms with Crippen LogP contribution in [0.5, 0.6) is 5.75 Å². The molecule has 0 amide bonds. The number of nitrogens with zero attached hydrogens (tertiary/aromatic N) is 3. The standard InChI is InChI=1S/C17H17N3O/c1-12-18-16-7-5-4-6-15(16)17(19-12)20(2)13-8-10-14(21-3)11-9-13/h4-11H,1-3H3/i4D,5D,6D. The minimum Gasteiger partial charge on any atom is -0.497 e. The number of benzene rings is 2. The third kappa shape index (κ3) is 2.52. The smallest absolute Gasteiger partial charge is 0.144 e. The molecule has 0 unspecified atom stereocenters. The van der Waals surface area contributed by atoms with Gasteiger partial charge in [0.05, 0.1) is 16.7 Å². The van der Waals surface area contributed by atoms with Crippen LogP contribution in [0.4, 0.5) is 11.5 Å². The van der Waals surface area contributed by atoms with Crippen molar-refractivity contribution in [3.8, 4) is 5.75 Å². The van der Waals surface area contributed by atoms with Crippen molar-refractivity contribution in [1.82, 2.24) is 9.97 Å². The van der Waals surface area contributed by atoms with Gasteiger partial charge in [-0.15, -0.1) is 0 Å². The summed E-state index contributed by atoms with van der Waals surface area (Å²) < 4.78 is 29.1. The lowest BCUT2D eigenvalue weighted by molar-refractivity contribution is 0.415. The SMILES string of the molecule is [2H]c1cc2nc(C)nc(N(C)c3ccc(OC)cc3)c2c([2H])c1[2H]. The largest absolute Gasteiger partial charge is 0.497 e. The van der Waals surface area contributed by atoms with Gasteiger partial charge in [0, 0.05) is 18.1 Å². The van der Waals surface area contributed by atoms with E-state index in [1.165, 1.54) is 6.07 Å². The van der Waals surface area contributed by atoms with Crippen LogP contribution in [0, 0.1) is 6.92 Å². The highest BCUT2D eigenvalue weighted by molar-refractivity contribution is 5.91. The molecule has 3 aromatic rings. The number of methoxy groups -OCH3 is 1. The number of hydrogen-bond acceptors (Lipinski definition) is 4. The van der Waals surface area contributed by atoms with E-state index in [0.717, 1.165) is 11.4 Å². The van der Waals surface area contributed by atoms with Gasteiger partial charge in [-0.05, 0) is 43.3 Å². The van der Waals surface area contributed by atoms with Gasteiger partial charge >= 0.3 is 0 Å². The minimum absolute atomic E-state index is 0.0105. The first-order chi connectivity index (χ1) is 11.4. The van der Waals surface area contributed by atoms with Crippen LogP contribution in [0.15, 0.2) is 48.5 Å². The summed E-state index contributed by atoms with van der Waals surface area (Å²) in [6.07, 6.45) is 0. The first-order valence-corrected chi connectivity index (χ1v) is 6.55. The number of aromatic nitrogens is 2. The van der Waals surface area contributed by atoms with Gasteiger partial charge in [-0.1, -0.05) is 12.1 Å². The van der Waals surface area contributed by atoms with Crippen LogP contribution >= 0.6 is 0 Å². The van der Waals surface area contributed by atoms with Crippen molar-refractivity contribution in [2.24, 2.45) is 0 Å². The van der Waals surface area contributed by atoms with E-state index < -0.39 is 0 Å². The number of hydrogen-bond donors (Lipinski definition) is 0. The molecule has 4 nitrogen and oxygen atoms in total. The summed E-state index contributed by atoms with van der Waals surface area (Å²) in [5, 5.41) is 0.472. The summed E-state index contributed by atoms with van der Waals surface area (Å²) in [6, 6.07) is 8.83. The zero-order valence-corrected chi connectivity index (χ0v) is 12.1. The van der Waals surface area contributed by atoms with Crippen molar-refractivity contribution < 1.29 is 8.85 Å². The van der Waals surface area contributed by atoms with Crippen LogP contribution < -0.4 is 9.64 Å². The maximum Gasteiger partial charge on any atom is 0.144 e. The Morgan fingerprint density at radius 1 is 1.10 bits per heavy atom. The second-order valence-electron chi connectivity index (χ2n) is 4.65. The van der Waals surface area contributed by atoms with Crippen molar-refractivity contribution in [1.29, 1.82) is 0 Å². The molecule has 0 aliphatic carbocycles. The molecule has 0 saturated heterocycles. The number of para-hydroxylation sites is 1. The van der Waals surface area contributed by atoms with Crippen LogP contribution in [0.1, 0.15) is 9.94 Å². The molecule has 2 aromatic carbocycles. The highest BCUT2D eigenvalue weighted by Crippen LogP contribution is 2.29. The molecule has 4 heteroatoms. The molecule has 1 aromatic heterocycles. The number of fused-ring (bicyclic) bond motifs is 1. The maximum atomic E-state index is 8.23. The summed E-state index contributed by atoms with van der Waals surface area (Å²) in [4.78, 5) is 10.6. The number of aryl methyl sites for hydroxylation is 1. The third-order valence-corrected chi connectivity index (χ3v) is 3.28. The molecule has 0 bridgehead atoms. The van der Waals surface area contributed by atoms with Crippen LogP contribution in [0.3, 0.4) is 0 Å². The van der Waals surface area contributed by atoms with Crippen LogP contribution in [-0.2, 0) is 0 Å². The minimum atomic E-state index is -0.126. The van der Waals surface area contributed by atoms with Crippen LogP contribution in [0.2, 0.25) is 0 Å². The van der Waals surface area contributed by atoms with E-state index in [0.29, 0.717) is 22.5 Å². The Morgan fingerprint density at radius 3 is 2.57 bits per heavy atom. The van der Waals surface area contributed by atoms with Gasteiger partial charge in [-0.3, -0.25) is 0 Å². The summed E-state index contributed by atoms with van der Waals surface area (Å²) in [5.41, 5.74) is 1.37. The van der Waals surface area contributed by atoms with E-state index in [-0.39, 0.29) is 18.1 Å². The first kappa shape index (κ1) is 10.2. The molecule has 0 atom stereocenters. The zero-order chi connectivity index (χ0) is 17.4. The topological polar surface area (TPSA) is 38.2 Å². The highest BCUT2D eigenvalue weighted by atomic mass is 16.5. The average molecular weight is 282 g/mol. The highest BCUT2D eigenvalue weighted by Gasteiger charge is 2.11. The zero-order valence-electron chi connectivity index (χ0n) is 15.1. The Labute approximate surface area is 128 Å². The normalized spacial score (nSPS) is 12.6. The Kier molecular flexibility index (Phi) is 2.61. The molecular formula is C17H17N3O. The number of ether oxygens (including phenoxy) is 1. The van der Waals surface area contributed by atoms with Gasteiger partial charge in [0.15, 0.2) is 0 Å². The van der Waals surface area contributed by atoms with E-state index in [1.54, 1.807) is 14.0 Å². The fraction of sp³-hybridized carbons (Fsp3) is 0.176. The summed E-state index contributed by atoms with van der Waals surface area (Å²) in [5.74, 6) is 1.85. The van der Waals surface area contributed by atoms with E-state index in [9.17, 15) is 0 Å². The van der Waals surface area contributed by atoms with E-state index in [2.05, 4.69) is 9.97 Å². The summed E-state index contributed by atoms with van der Waals surface area (Å²) in [7, 11) is 3.46. The predicted molar refractivity (Wildman–Crippen MR) is 85.3 cm³/mol. The molecule has 3 rings (SSSR count). The number of rotatable bonds is 3. The van der Waals surface area contributed by atoms with Crippen molar-refractivity contribution in [2.45, 2.75) is 6.92 Å². The second kappa shape index (κ2) is 5.40. The molecule has 0 aliphatic heterocycles. The summed E-state index contributed by atoms with van der Waals surface area (Å²) in [6.45, 7) is 1.77. The fourth-order valence-electron chi connectivity index (χ4n) is 2.18. The van der Waals surface area contributed by atoms with Crippen molar-refractivity contribution in [2.75, 3.05) is 19.1 Å². The molecule has 0 N–H and O–H groups in total. The van der Waals surface area contributed by atoms with Gasteiger partial charge in [0.2, 0.25) is 0 Å². The molecule has 0 spiro atoms. The van der Waals surface area contributed by atoms with Crippen LogP contribution in [-0.4, -0.2) is 24.1 Å². The Hall–Kier alpha value is -2.62. The monoisotopic (exact) mass is 282 g/mol. The maximum absolute atomic E-state index is 8.23. The number of anilines is 2. The molecular weight excluding hydrogens is 262 g/mol. The molecule has 0 aliphatic rings. The lowest BCUT2D eigenvalue weighted by atomic mass is 10.2. The first-order valence-electron chi connectivity index (χ1n) is 8.05. The Morgan fingerprint density at radius 2 is 1.86 bits per heavy atom. The van der Waals surface area contributed by atoms with Crippen LogP contribution in [0.25, 0.3) is 10.9 Å². The lowest BCUT2D eigenvalue weighted by Crippen LogP contribution is -2.12. The van der Waals surface area contributed by atoms with E-state index >= 15 is 0 Å². The van der Waals surface area contributed by atoms with Crippen molar-refractivity contribution in [3.63, 3.8) is 0 Å². The Balaban J connectivity index is 2.22. The van der Waals surface area contributed by atoms with Gasteiger partial charge < -0.3 is 9.64 Å². The van der Waals surface area contributed by atoms with Gasteiger partial charge in [0.1, 0.15) is 17.4 Å². The Bertz CT molecular complexity index is 913. The molecule has 21 heavy (non-hydrogen) atoms. The van der Waals surface area contributed by atoms with Gasteiger partial charge in [-0.2, -0.15) is 0 Å². The fourth-order valence-corrected chi connectivity index (χ4v) is 2.18. The quantitative estimate of drug-likeness (QED) is 0.734.